The highest BCUT2D eigenvalue weighted by atomic mass is 16.5. The van der Waals surface area contributed by atoms with Crippen LogP contribution >= 0.6 is 0 Å². The van der Waals surface area contributed by atoms with Crippen LogP contribution in [0.4, 0.5) is 5.69 Å². The van der Waals surface area contributed by atoms with Crippen molar-refractivity contribution in [3.05, 3.63) is 53.7 Å². The molecule has 0 spiro atoms. The van der Waals surface area contributed by atoms with Crippen molar-refractivity contribution < 1.29 is 24.2 Å². The SMILES string of the molecule is CNC(=O)c1cc2cc(NC(=O)C(=O)NCc3ccc(O)c(OC)c3)ccc2[nH]1. The molecule has 1 heterocycles. The largest absolute Gasteiger partial charge is 0.504 e. The summed E-state index contributed by atoms with van der Waals surface area (Å²) < 4.78 is 5.01. The van der Waals surface area contributed by atoms with Gasteiger partial charge in [-0.05, 0) is 42.0 Å². The number of benzene rings is 2. The van der Waals surface area contributed by atoms with E-state index in [1.807, 2.05) is 0 Å². The van der Waals surface area contributed by atoms with Gasteiger partial charge in [0.25, 0.3) is 5.91 Å². The Balaban J connectivity index is 1.63. The standard InChI is InChI=1S/C20H20N4O5/c1-21-18(26)15-9-12-8-13(4-5-14(12)24-15)23-20(28)19(27)22-10-11-3-6-16(25)17(7-11)29-2/h3-9,24-25H,10H2,1-2H3,(H,21,26)(H,22,27)(H,23,28). The summed E-state index contributed by atoms with van der Waals surface area (Å²) in [6.45, 7) is 0.0925. The molecule has 1 aromatic heterocycles. The molecule has 29 heavy (non-hydrogen) atoms. The molecule has 9 heteroatoms. The number of aromatic amines is 1. The number of phenols is 1. The van der Waals surface area contributed by atoms with Gasteiger partial charge in [0, 0.05) is 30.2 Å². The molecule has 3 amide bonds. The smallest absolute Gasteiger partial charge is 0.313 e. The highest BCUT2D eigenvalue weighted by Gasteiger charge is 2.15. The van der Waals surface area contributed by atoms with Crippen molar-refractivity contribution in [2.45, 2.75) is 6.54 Å². The molecule has 0 saturated heterocycles. The lowest BCUT2D eigenvalue weighted by Gasteiger charge is -2.09. The number of hydrogen-bond acceptors (Lipinski definition) is 5. The number of anilines is 1. The van der Waals surface area contributed by atoms with Crippen LogP contribution in [0.5, 0.6) is 11.5 Å². The number of H-pyrrole nitrogens is 1. The van der Waals surface area contributed by atoms with Gasteiger partial charge in [0.2, 0.25) is 0 Å². The van der Waals surface area contributed by atoms with Crippen molar-refractivity contribution in [3.8, 4) is 11.5 Å². The van der Waals surface area contributed by atoms with Gasteiger partial charge in [0.15, 0.2) is 11.5 Å². The van der Waals surface area contributed by atoms with Gasteiger partial charge in [-0.2, -0.15) is 0 Å². The maximum atomic E-state index is 12.1. The van der Waals surface area contributed by atoms with Crippen molar-refractivity contribution in [1.29, 1.82) is 0 Å². The summed E-state index contributed by atoms with van der Waals surface area (Å²) in [7, 11) is 2.95. The Morgan fingerprint density at radius 1 is 1.07 bits per heavy atom. The number of phenolic OH excluding ortho intramolecular Hbond substituents is 1. The van der Waals surface area contributed by atoms with Crippen LogP contribution in [0.15, 0.2) is 42.5 Å². The number of methoxy groups -OCH3 is 1. The molecule has 0 saturated carbocycles. The van der Waals surface area contributed by atoms with Crippen LogP contribution in [0.25, 0.3) is 10.9 Å². The van der Waals surface area contributed by atoms with Crippen molar-refractivity contribution >= 4 is 34.3 Å². The normalized spacial score (nSPS) is 10.4. The summed E-state index contributed by atoms with van der Waals surface area (Å²) >= 11 is 0. The third kappa shape index (κ3) is 4.46. The molecule has 0 unspecified atom stereocenters. The van der Waals surface area contributed by atoms with Crippen molar-refractivity contribution in [2.24, 2.45) is 0 Å². The Hall–Kier alpha value is -4.01. The first kappa shape index (κ1) is 19.7. The average molecular weight is 396 g/mol. The lowest BCUT2D eigenvalue weighted by molar-refractivity contribution is -0.136. The molecule has 0 fully saturated rings. The Kier molecular flexibility index (Phi) is 5.68. The number of carbonyl (C=O) groups is 3. The van der Waals surface area contributed by atoms with Crippen molar-refractivity contribution in [3.63, 3.8) is 0 Å². The van der Waals surface area contributed by atoms with E-state index in [1.54, 1.807) is 36.4 Å². The Morgan fingerprint density at radius 2 is 1.86 bits per heavy atom. The molecule has 0 bridgehead atoms. The van der Waals surface area contributed by atoms with Gasteiger partial charge in [-0.15, -0.1) is 0 Å². The minimum Gasteiger partial charge on any atom is -0.504 e. The number of aromatic hydroxyl groups is 1. The molecule has 2 aromatic carbocycles. The number of aromatic nitrogens is 1. The molecule has 0 aliphatic rings. The molecular formula is C20H20N4O5. The van der Waals surface area contributed by atoms with E-state index >= 15 is 0 Å². The predicted octanol–water partition coefficient (Wildman–Crippen LogP) is 1.50. The maximum absolute atomic E-state index is 12.1. The molecule has 0 aliphatic heterocycles. The van der Waals surface area contributed by atoms with Gasteiger partial charge in [-0.3, -0.25) is 14.4 Å². The number of amides is 3. The van der Waals surface area contributed by atoms with E-state index in [4.69, 9.17) is 4.74 Å². The number of rotatable bonds is 5. The second-order valence-electron chi connectivity index (χ2n) is 6.21. The van der Waals surface area contributed by atoms with Crippen LogP contribution < -0.4 is 20.7 Å². The highest BCUT2D eigenvalue weighted by Crippen LogP contribution is 2.26. The Bertz CT molecular complexity index is 1090. The van der Waals surface area contributed by atoms with Crippen LogP contribution in [0, 0.1) is 0 Å². The minimum absolute atomic E-state index is 0.0138. The third-order valence-corrected chi connectivity index (χ3v) is 4.25. The number of carbonyl (C=O) groups excluding carboxylic acids is 3. The molecule has 150 valence electrons. The first-order valence-corrected chi connectivity index (χ1v) is 8.71. The van der Waals surface area contributed by atoms with Gasteiger partial charge in [0.1, 0.15) is 5.69 Å². The van der Waals surface area contributed by atoms with Crippen molar-refractivity contribution in [2.75, 3.05) is 19.5 Å². The lowest BCUT2D eigenvalue weighted by Crippen LogP contribution is -2.34. The zero-order valence-corrected chi connectivity index (χ0v) is 15.8. The Labute approximate surface area is 166 Å². The van der Waals surface area contributed by atoms with Crippen LogP contribution in [0.2, 0.25) is 0 Å². The summed E-state index contributed by atoms with van der Waals surface area (Å²) in [6, 6.07) is 11.3. The van der Waals surface area contributed by atoms with E-state index in [9.17, 15) is 19.5 Å². The summed E-state index contributed by atoms with van der Waals surface area (Å²) in [5.74, 6) is -1.62. The third-order valence-electron chi connectivity index (χ3n) is 4.25. The quantitative estimate of drug-likeness (QED) is 0.417. The zero-order chi connectivity index (χ0) is 21.0. The van der Waals surface area contributed by atoms with Crippen LogP contribution in [-0.4, -0.2) is 42.0 Å². The van der Waals surface area contributed by atoms with Crippen LogP contribution in [0.1, 0.15) is 16.1 Å². The number of hydrogen-bond donors (Lipinski definition) is 5. The van der Waals surface area contributed by atoms with Gasteiger partial charge in [-0.25, -0.2) is 0 Å². The minimum atomic E-state index is -0.822. The van der Waals surface area contributed by atoms with Crippen molar-refractivity contribution in [1.82, 2.24) is 15.6 Å². The highest BCUT2D eigenvalue weighted by molar-refractivity contribution is 6.39. The van der Waals surface area contributed by atoms with E-state index in [-0.39, 0.29) is 24.0 Å². The fourth-order valence-electron chi connectivity index (χ4n) is 2.75. The lowest BCUT2D eigenvalue weighted by atomic mass is 10.2. The van der Waals surface area contributed by atoms with E-state index in [0.717, 1.165) is 10.9 Å². The summed E-state index contributed by atoms with van der Waals surface area (Å²) in [6.07, 6.45) is 0. The molecule has 5 N–H and O–H groups in total. The van der Waals surface area contributed by atoms with Crippen LogP contribution in [-0.2, 0) is 16.1 Å². The number of nitrogens with one attached hydrogen (secondary N) is 4. The molecule has 0 aliphatic carbocycles. The fraction of sp³-hybridized carbons (Fsp3) is 0.150. The van der Waals surface area contributed by atoms with Gasteiger partial charge in [0.05, 0.1) is 7.11 Å². The van der Waals surface area contributed by atoms with Gasteiger partial charge in [-0.1, -0.05) is 6.07 Å². The molecule has 0 atom stereocenters. The molecule has 9 nitrogen and oxygen atoms in total. The number of ether oxygens (including phenoxy) is 1. The monoisotopic (exact) mass is 396 g/mol. The first-order chi connectivity index (χ1) is 13.9. The van der Waals surface area contributed by atoms with Crippen LogP contribution in [0.3, 0.4) is 0 Å². The topological polar surface area (TPSA) is 133 Å². The van der Waals surface area contributed by atoms with Gasteiger partial charge < -0.3 is 30.8 Å². The van der Waals surface area contributed by atoms with E-state index in [2.05, 4.69) is 20.9 Å². The molecule has 0 radical (unpaired) electrons. The van der Waals surface area contributed by atoms with Gasteiger partial charge >= 0.3 is 11.8 Å². The summed E-state index contributed by atoms with van der Waals surface area (Å²) in [4.78, 5) is 38.9. The maximum Gasteiger partial charge on any atom is 0.313 e. The Morgan fingerprint density at radius 3 is 2.59 bits per heavy atom. The fourth-order valence-corrected chi connectivity index (χ4v) is 2.75. The van der Waals surface area contributed by atoms with E-state index in [1.165, 1.54) is 20.2 Å². The van der Waals surface area contributed by atoms with E-state index < -0.39 is 11.8 Å². The average Bonchev–Trinajstić information content (AvgIpc) is 3.15. The molecule has 3 rings (SSSR count). The first-order valence-electron chi connectivity index (χ1n) is 8.71. The predicted molar refractivity (Wildman–Crippen MR) is 107 cm³/mol. The summed E-state index contributed by atoms with van der Waals surface area (Å²) in [5, 5.41) is 17.9. The zero-order valence-electron chi connectivity index (χ0n) is 15.8. The second kappa shape index (κ2) is 8.34. The molecular weight excluding hydrogens is 376 g/mol. The number of fused-ring (bicyclic) bond motifs is 1. The summed E-state index contributed by atoms with van der Waals surface area (Å²) in [5.41, 5.74) is 2.21. The second-order valence-corrected chi connectivity index (χ2v) is 6.21. The van der Waals surface area contributed by atoms with E-state index in [0.29, 0.717) is 16.9 Å². The molecule has 3 aromatic rings.